The minimum Gasteiger partial charge on any atom is -0.506 e. The molecule has 1 aromatic rings. The second-order valence-corrected chi connectivity index (χ2v) is 3.98. The van der Waals surface area contributed by atoms with E-state index in [-0.39, 0.29) is 29.4 Å². The van der Waals surface area contributed by atoms with Crippen LogP contribution in [0.4, 0.5) is 5.69 Å². The molecule has 0 aliphatic heterocycles. The molecule has 4 nitrogen and oxygen atoms in total. The number of halogens is 1. The number of amides is 1. The lowest BCUT2D eigenvalue weighted by Crippen LogP contribution is -2.20. The molecule has 1 rings (SSSR count). The Hall–Kier alpha value is -1.26. The van der Waals surface area contributed by atoms with Crippen molar-refractivity contribution in [3.8, 4) is 5.75 Å². The van der Waals surface area contributed by atoms with Crippen LogP contribution in [0.25, 0.3) is 0 Å². The number of benzene rings is 1. The highest BCUT2D eigenvalue weighted by Crippen LogP contribution is 2.25. The fraction of sp³-hybridized carbons (Fsp3) is 0.364. The molecule has 0 spiro atoms. The van der Waals surface area contributed by atoms with Crippen molar-refractivity contribution in [1.29, 1.82) is 0 Å². The third-order valence-electron chi connectivity index (χ3n) is 1.78. The van der Waals surface area contributed by atoms with Crippen molar-refractivity contribution in [1.82, 2.24) is 0 Å². The molecule has 0 saturated heterocycles. The number of phenolic OH excluding ortho intramolecular Hbond substituents is 1. The summed E-state index contributed by atoms with van der Waals surface area (Å²) in [5.41, 5.74) is 0.485. The van der Waals surface area contributed by atoms with Gasteiger partial charge in [-0.3, -0.25) is 4.79 Å². The summed E-state index contributed by atoms with van der Waals surface area (Å²) in [7, 11) is 0. The van der Waals surface area contributed by atoms with Gasteiger partial charge < -0.3 is 15.2 Å². The van der Waals surface area contributed by atoms with Crippen LogP contribution in [0, 0.1) is 0 Å². The molecule has 0 saturated carbocycles. The van der Waals surface area contributed by atoms with Crippen molar-refractivity contribution in [3.63, 3.8) is 0 Å². The minimum atomic E-state index is -0.268. The smallest absolute Gasteiger partial charge is 0.250 e. The van der Waals surface area contributed by atoms with E-state index in [9.17, 15) is 9.90 Å². The second kappa shape index (κ2) is 5.72. The highest BCUT2D eigenvalue weighted by atomic mass is 35.5. The first-order valence-electron chi connectivity index (χ1n) is 4.89. The average molecular weight is 244 g/mol. The molecule has 0 heterocycles. The summed E-state index contributed by atoms with van der Waals surface area (Å²) in [6.07, 6.45) is 0.00405. The van der Waals surface area contributed by atoms with Crippen LogP contribution in [0.3, 0.4) is 0 Å². The van der Waals surface area contributed by atoms with Gasteiger partial charge in [0.2, 0.25) is 5.91 Å². The lowest BCUT2D eigenvalue weighted by molar-refractivity contribution is -0.121. The van der Waals surface area contributed by atoms with Crippen molar-refractivity contribution >= 4 is 23.2 Å². The van der Waals surface area contributed by atoms with Gasteiger partial charge >= 0.3 is 0 Å². The van der Waals surface area contributed by atoms with Crippen molar-refractivity contribution in [3.05, 3.63) is 23.2 Å². The van der Waals surface area contributed by atoms with Crippen molar-refractivity contribution in [2.24, 2.45) is 0 Å². The molecular weight excluding hydrogens is 230 g/mol. The Labute approximate surface area is 99.2 Å². The Kier molecular flexibility index (Phi) is 4.58. The second-order valence-electron chi connectivity index (χ2n) is 3.57. The maximum Gasteiger partial charge on any atom is 0.250 e. The Morgan fingerprint density at radius 1 is 1.56 bits per heavy atom. The van der Waals surface area contributed by atoms with Crippen molar-refractivity contribution < 1.29 is 14.6 Å². The van der Waals surface area contributed by atoms with Gasteiger partial charge in [0.15, 0.2) is 0 Å². The van der Waals surface area contributed by atoms with E-state index in [0.717, 1.165) is 0 Å². The number of phenols is 1. The summed E-state index contributed by atoms with van der Waals surface area (Å²) in [6.45, 7) is 3.68. The maximum absolute atomic E-state index is 11.4. The van der Waals surface area contributed by atoms with Crippen LogP contribution in [0.5, 0.6) is 5.75 Å². The highest BCUT2D eigenvalue weighted by molar-refractivity contribution is 6.32. The number of carbonyl (C=O) groups is 1. The molecule has 0 atom stereocenters. The predicted molar refractivity (Wildman–Crippen MR) is 62.8 cm³/mol. The molecule has 0 aromatic heterocycles. The lowest BCUT2D eigenvalue weighted by atomic mass is 10.3. The fourth-order valence-electron chi connectivity index (χ4n) is 1.03. The average Bonchev–Trinajstić information content (AvgIpc) is 2.21. The third-order valence-corrected chi connectivity index (χ3v) is 2.10. The predicted octanol–water partition coefficient (Wildman–Crippen LogP) is 2.41. The summed E-state index contributed by atoms with van der Waals surface area (Å²) in [4.78, 5) is 11.4. The van der Waals surface area contributed by atoms with Crippen molar-refractivity contribution in [2.45, 2.75) is 20.0 Å². The van der Waals surface area contributed by atoms with Crippen LogP contribution in [0.2, 0.25) is 5.02 Å². The van der Waals surface area contributed by atoms with Gasteiger partial charge in [-0.05, 0) is 26.0 Å². The summed E-state index contributed by atoms with van der Waals surface area (Å²) in [6, 6.07) is 4.50. The number of ether oxygens (including phenoxy) is 1. The summed E-state index contributed by atoms with van der Waals surface area (Å²) in [5, 5.41) is 12.1. The molecule has 88 valence electrons. The summed E-state index contributed by atoms with van der Waals surface area (Å²) >= 11 is 5.63. The van der Waals surface area contributed by atoms with Crippen LogP contribution >= 0.6 is 11.6 Å². The molecule has 5 heteroatoms. The largest absolute Gasteiger partial charge is 0.506 e. The number of anilines is 1. The van der Waals surface area contributed by atoms with Crippen LogP contribution in [0.1, 0.15) is 13.8 Å². The lowest BCUT2D eigenvalue weighted by Gasteiger charge is -2.08. The first-order valence-corrected chi connectivity index (χ1v) is 5.27. The quantitative estimate of drug-likeness (QED) is 0.854. The van der Waals surface area contributed by atoms with Gasteiger partial charge in [0, 0.05) is 11.8 Å². The first kappa shape index (κ1) is 12.8. The molecule has 16 heavy (non-hydrogen) atoms. The topological polar surface area (TPSA) is 58.6 Å². The molecule has 0 unspecified atom stereocenters. The molecule has 0 fully saturated rings. The third kappa shape index (κ3) is 4.08. The minimum absolute atomic E-state index is 0.00405. The zero-order valence-electron chi connectivity index (χ0n) is 9.16. The van der Waals surface area contributed by atoms with Gasteiger partial charge in [-0.1, -0.05) is 11.6 Å². The first-order chi connectivity index (χ1) is 7.49. The van der Waals surface area contributed by atoms with E-state index in [1.807, 2.05) is 13.8 Å². The number of rotatable bonds is 4. The normalized spacial score (nSPS) is 10.5. The van der Waals surface area contributed by atoms with Crippen molar-refractivity contribution in [2.75, 3.05) is 11.9 Å². The van der Waals surface area contributed by atoms with E-state index < -0.39 is 0 Å². The zero-order chi connectivity index (χ0) is 12.1. The molecule has 1 amide bonds. The van der Waals surface area contributed by atoms with E-state index in [4.69, 9.17) is 16.3 Å². The summed E-state index contributed by atoms with van der Waals surface area (Å²) < 4.78 is 5.13. The summed E-state index contributed by atoms with van der Waals surface area (Å²) in [5.74, 6) is -0.334. The Bertz CT molecular complexity index is 379. The molecule has 0 aliphatic rings. The molecule has 0 radical (unpaired) electrons. The van der Waals surface area contributed by atoms with Crippen LogP contribution in [-0.2, 0) is 9.53 Å². The van der Waals surface area contributed by atoms with Crippen LogP contribution in [-0.4, -0.2) is 23.7 Å². The Morgan fingerprint density at radius 3 is 2.81 bits per heavy atom. The van der Waals surface area contributed by atoms with E-state index in [1.54, 1.807) is 6.07 Å². The van der Waals surface area contributed by atoms with Gasteiger partial charge in [0.05, 0.1) is 11.1 Å². The zero-order valence-corrected chi connectivity index (χ0v) is 9.91. The van der Waals surface area contributed by atoms with Crippen LogP contribution in [0.15, 0.2) is 18.2 Å². The number of aromatic hydroxyl groups is 1. The SMILES string of the molecule is CC(C)OCC(=O)Nc1ccc(Cl)c(O)c1. The van der Waals surface area contributed by atoms with E-state index in [2.05, 4.69) is 5.32 Å². The van der Waals surface area contributed by atoms with Gasteiger partial charge in [-0.25, -0.2) is 0 Å². The maximum atomic E-state index is 11.4. The number of carbonyl (C=O) groups excluding carboxylic acids is 1. The Balaban J connectivity index is 2.53. The highest BCUT2D eigenvalue weighted by Gasteiger charge is 2.05. The van der Waals surface area contributed by atoms with Crippen LogP contribution < -0.4 is 5.32 Å². The molecule has 0 bridgehead atoms. The van der Waals surface area contributed by atoms with E-state index >= 15 is 0 Å². The molecule has 0 aliphatic carbocycles. The monoisotopic (exact) mass is 243 g/mol. The Morgan fingerprint density at radius 2 is 2.25 bits per heavy atom. The number of hydrogen-bond donors (Lipinski definition) is 2. The van der Waals surface area contributed by atoms with E-state index in [0.29, 0.717) is 5.69 Å². The molecule has 2 N–H and O–H groups in total. The van der Waals surface area contributed by atoms with Gasteiger partial charge in [-0.2, -0.15) is 0 Å². The van der Waals surface area contributed by atoms with Gasteiger partial charge in [-0.15, -0.1) is 0 Å². The molecular formula is C11H14ClNO3. The van der Waals surface area contributed by atoms with Gasteiger partial charge in [0.1, 0.15) is 12.4 Å². The number of nitrogens with one attached hydrogen (secondary N) is 1. The van der Waals surface area contributed by atoms with Gasteiger partial charge in [0.25, 0.3) is 0 Å². The van der Waals surface area contributed by atoms with E-state index in [1.165, 1.54) is 12.1 Å². The number of hydrogen-bond acceptors (Lipinski definition) is 3. The standard InChI is InChI=1S/C11H14ClNO3/c1-7(2)16-6-11(15)13-8-3-4-9(12)10(14)5-8/h3-5,7,14H,6H2,1-2H3,(H,13,15). The fourth-order valence-corrected chi connectivity index (χ4v) is 1.15. The molecule has 1 aromatic carbocycles.